The highest BCUT2D eigenvalue weighted by Gasteiger charge is 2.33. The summed E-state index contributed by atoms with van der Waals surface area (Å²) in [6.07, 6.45) is -1.69. The first-order valence-corrected chi connectivity index (χ1v) is 10.2. The third-order valence-electron chi connectivity index (χ3n) is 4.08. The Morgan fingerprint density at radius 3 is 2.55 bits per heavy atom. The van der Waals surface area contributed by atoms with Crippen molar-refractivity contribution in [2.75, 3.05) is 17.7 Å². The molecular weight excluding hydrogens is 431 g/mol. The molecule has 0 saturated carbocycles. The molecule has 0 aliphatic rings. The first kappa shape index (κ1) is 22.4. The van der Waals surface area contributed by atoms with Gasteiger partial charge in [-0.15, -0.1) is 0 Å². The predicted octanol–water partition coefficient (Wildman–Crippen LogP) is 4.38. The van der Waals surface area contributed by atoms with Crippen molar-refractivity contribution in [2.24, 2.45) is 0 Å². The van der Waals surface area contributed by atoms with E-state index in [2.05, 4.69) is 10.3 Å². The van der Waals surface area contributed by atoms with Gasteiger partial charge in [0.2, 0.25) is 5.91 Å². The van der Waals surface area contributed by atoms with E-state index in [9.17, 15) is 22.8 Å². The molecule has 3 rings (SSSR count). The SMILES string of the molecule is CCOc1ccc(-n2ccnc(SCC(=O)Nc3ccccc3C(F)(F)F)c2=O)cc1. The molecule has 0 bridgehead atoms. The number of hydrogen-bond acceptors (Lipinski definition) is 5. The van der Waals surface area contributed by atoms with Crippen LogP contribution in [0.3, 0.4) is 0 Å². The van der Waals surface area contributed by atoms with Crippen LogP contribution in [0.1, 0.15) is 12.5 Å². The van der Waals surface area contributed by atoms with Crippen molar-refractivity contribution in [1.29, 1.82) is 0 Å². The average molecular weight is 449 g/mol. The molecule has 0 aliphatic carbocycles. The summed E-state index contributed by atoms with van der Waals surface area (Å²) in [4.78, 5) is 28.9. The molecule has 0 saturated heterocycles. The zero-order valence-electron chi connectivity index (χ0n) is 16.3. The van der Waals surface area contributed by atoms with Crippen molar-refractivity contribution < 1.29 is 22.7 Å². The summed E-state index contributed by atoms with van der Waals surface area (Å²) >= 11 is 0.845. The Kier molecular flexibility index (Phi) is 7.01. The molecule has 0 aliphatic heterocycles. The lowest BCUT2D eigenvalue weighted by Gasteiger charge is -2.13. The van der Waals surface area contributed by atoms with Crippen LogP contribution in [-0.4, -0.2) is 27.8 Å². The molecule has 6 nitrogen and oxygen atoms in total. The molecule has 1 aromatic heterocycles. The van der Waals surface area contributed by atoms with Crippen molar-refractivity contribution in [3.8, 4) is 11.4 Å². The van der Waals surface area contributed by atoms with E-state index in [0.29, 0.717) is 18.0 Å². The van der Waals surface area contributed by atoms with Gasteiger partial charge in [-0.25, -0.2) is 4.98 Å². The molecule has 1 N–H and O–H groups in total. The number of hydrogen-bond donors (Lipinski definition) is 1. The molecule has 1 amide bonds. The van der Waals surface area contributed by atoms with Crippen molar-refractivity contribution in [3.63, 3.8) is 0 Å². The van der Waals surface area contributed by atoms with E-state index < -0.39 is 23.2 Å². The number of thioether (sulfide) groups is 1. The van der Waals surface area contributed by atoms with Gasteiger partial charge >= 0.3 is 6.18 Å². The summed E-state index contributed by atoms with van der Waals surface area (Å²) in [5.41, 5.74) is -1.14. The Morgan fingerprint density at radius 2 is 1.87 bits per heavy atom. The number of amides is 1. The van der Waals surface area contributed by atoms with Crippen LogP contribution >= 0.6 is 11.8 Å². The predicted molar refractivity (Wildman–Crippen MR) is 112 cm³/mol. The van der Waals surface area contributed by atoms with E-state index in [-0.39, 0.29) is 16.5 Å². The highest BCUT2D eigenvalue weighted by atomic mass is 32.2. The van der Waals surface area contributed by atoms with Gasteiger partial charge in [-0.3, -0.25) is 14.2 Å². The van der Waals surface area contributed by atoms with Gasteiger partial charge in [0.25, 0.3) is 5.56 Å². The maximum absolute atomic E-state index is 13.1. The van der Waals surface area contributed by atoms with Crippen molar-refractivity contribution in [3.05, 3.63) is 76.8 Å². The van der Waals surface area contributed by atoms with Gasteiger partial charge < -0.3 is 10.1 Å². The molecular formula is C21H18F3N3O3S. The van der Waals surface area contributed by atoms with E-state index in [1.54, 1.807) is 24.3 Å². The summed E-state index contributed by atoms with van der Waals surface area (Å²) in [7, 11) is 0. The van der Waals surface area contributed by atoms with Crippen LogP contribution in [0.15, 0.2) is 70.7 Å². The Labute approximate surface area is 180 Å². The van der Waals surface area contributed by atoms with E-state index >= 15 is 0 Å². The number of nitrogens with one attached hydrogen (secondary N) is 1. The van der Waals surface area contributed by atoms with Crippen LogP contribution in [0.4, 0.5) is 18.9 Å². The Morgan fingerprint density at radius 1 is 1.16 bits per heavy atom. The Hall–Kier alpha value is -3.27. The zero-order valence-corrected chi connectivity index (χ0v) is 17.2. The summed E-state index contributed by atoms with van der Waals surface area (Å²) in [6, 6.07) is 11.6. The second kappa shape index (κ2) is 9.69. The number of benzene rings is 2. The highest BCUT2D eigenvalue weighted by Crippen LogP contribution is 2.34. The van der Waals surface area contributed by atoms with Gasteiger partial charge in [0, 0.05) is 18.1 Å². The lowest BCUT2D eigenvalue weighted by molar-refractivity contribution is -0.137. The second-order valence-corrected chi connectivity index (χ2v) is 7.18. The summed E-state index contributed by atoms with van der Waals surface area (Å²) in [6.45, 7) is 2.38. The molecule has 0 spiro atoms. The lowest BCUT2D eigenvalue weighted by atomic mass is 10.1. The average Bonchev–Trinajstić information content (AvgIpc) is 2.73. The Balaban J connectivity index is 1.71. The number of alkyl halides is 3. The minimum atomic E-state index is -4.59. The van der Waals surface area contributed by atoms with Gasteiger partial charge in [0.05, 0.1) is 23.6 Å². The van der Waals surface area contributed by atoms with Crippen LogP contribution < -0.4 is 15.6 Å². The van der Waals surface area contributed by atoms with Crippen LogP contribution in [0.5, 0.6) is 5.75 Å². The van der Waals surface area contributed by atoms with Gasteiger partial charge in [-0.05, 0) is 43.3 Å². The maximum Gasteiger partial charge on any atom is 0.418 e. The van der Waals surface area contributed by atoms with Crippen molar-refractivity contribution >= 4 is 23.4 Å². The lowest BCUT2D eigenvalue weighted by Crippen LogP contribution is -2.22. The molecule has 162 valence electrons. The summed E-state index contributed by atoms with van der Waals surface area (Å²) in [5, 5.41) is 2.29. The number of halogens is 3. The number of carbonyl (C=O) groups is 1. The van der Waals surface area contributed by atoms with Crippen LogP contribution in [0.2, 0.25) is 0 Å². The molecule has 31 heavy (non-hydrogen) atoms. The molecule has 2 aromatic carbocycles. The van der Waals surface area contributed by atoms with Crippen molar-refractivity contribution in [2.45, 2.75) is 18.1 Å². The quantitative estimate of drug-likeness (QED) is 0.542. The Bertz CT molecular complexity index is 1120. The molecule has 0 unspecified atom stereocenters. The van der Waals surface area contributed by atoms with Gasteiger partial charge in [0.15, 0.2) is 5.03 Å². The normalized spacial score (nSPS) is 11.2. The number of aromatic nitrogens is 2. The summed E-state index contributed by atoms with van der Waals surface area (Å²) in [5.74, 6) is -0.292. The number of carbonyl (C=O) groups excluding carboxylic acids is 1. The number of rotatable bonds is 7. The molecule has 1 heterocycles. The topological polar surface area (TPSA) is 73.2 Å². The van der Waals surface area contributed by atoms with Gasteiger partial charge in [-0.2, -0.15) is 13.2 Å². The summed E-state index contributed by atoms with van der Waals surface area (Å²) < 4.78 is 45.9. The molecule has 0 fully saturated rings. The van der Waals surface area contributed by atoms with E-state index in [4.69, 9.17) is 4.74 Å². The van der Waals surface area contributed by atoms with Crippen LogP contribution in [0, 0.1) is 0 Å². The maximum atomic E-state index is 13.1. The number of para-hydroxylation sites is 1. The number of nitrogens with zero attached hydrogens (tertiary/aromatic N) is 2. The largest absolute Gasteiger partial charge is 0.494 e. The van der Waals surface area contributed by atoms with E-state index in [1.807, 2.05) is 6.92 Å². The minimum absolute atomic E-state index is 0.0515. The van der Waals surface area contributed by atoms with Crippen LogP contribution in [-0.2, 0) is 11.0 Å². The second-order valence-electron chi connectivity index (χ2n) is 6.21. The van der Waals surface area contributed by atoms with E-state index in [1.165, 1.54) is 35.2 Å². The third kappa shape index (κ3) is 5.66. The van der Waals surface area contributed by atoms with Gasteiger partial charge in [-0.1, -0.05) is 23.9 Å². The molecule has 0 atom stereocenters. The standard InChI is InChI=1S/C21H18F3N3O3S/c1-2-30-15-9-7-14(8-10-15)27-12-11-25-19(20(27)29)31-13-18(28)26-17-6-4-3-5-16(17)21(22,23)24/h3-12H,2,13H2,1H3,(H,26,28). The fraction of sp³-hybridized carbons (Fsp3) is 0.190. The smallest absolute Gasteiger partial charge is 0.418 e. The zero-order chi connectivity index (χ0) is 22.4. The third-order valence-corrected chi connectivity index (χ3v) is 5.04. The van der Waals surface area contributed by atoms with Crippen molar-refractivity contribution in [1.82, 2.24) is 9.55 Å². The minimum Gasteiger partial charge on any atom is -0.494 e. The fourth-order valence-corrected chi connectivity index (χ4v) is 3.42. The first-order chi connectivity index (χ1) is 14.8. The van der Waals surface area contributed by atoms with E-state index in [0.717, 1.165) is 17.8 Å². The first-order valence-electron chi connectivity index (χ1n) is 9.19. The molecule has 10 heteroatoms. The number of anilines is 1. The molecule has 3 aromatic rings. The molecule has 0 radical (unpaired) electrons. The van der Waals surface area contributed by atoms with Crippen LogP contribution in [0.25, 0.3) is 5.69 Å². The monoisotopic (exact) mass is 449 g/mol. The number of ether oxygens (including phenoxy) is 1. The van der Waals surface area contributed by atoms with Gasteiger partial charge in [0.1, 0.15) is 5.75 Å². The fourth-order valence-electron chi connectivity index (χ4n) is 2.73. The highest BCUT2D eigenvalue weighted by molar-refractivity contribution is 7.99.